The number of aryl methyl sites for hydroxylation is 2. The molecule has 1 N–H and O–H groups in total. The van der Waals surface area contributed by atoms with Gasteiger partial charge in [0.25, 0.3) is 5.91 Å². The van der Waals surface area contributed by atoms with E-state index in [1.54, 1.807) is 19.3 Å². The maximum absolute atomic E-state index is 15.7. The van der Waals surface area contributed by atoms with Gasteiger partial charge >= 0.3 is 6.18 Å². The van der Waals surface area contributed by atoms with Crippen molar-refractivity contribution >= 4 is 16.8 Å². The molecule has 0 saturated heterocycles. The number of fused-ring (bicyclic) bond motifs is 2. The first-order valence-electron chi connectivity index (χ1n) is 13.9. The molecule has 5 rings (SSSR count). The summed E-state index contributed by atoms with van der Waals surface area (Å²) in [5.74, 6) is -0.795. The Bertz CT molecular complexity index is 1360. The summed E-state index contributed by atoms with van der Waals surface area (Å²) in [6.07, 6.45) is -0.0755. The summed E-state index contributed by atoms with van der Waals surface area (Å²) in [4.78, 5) is 19.6. The molecule has 11 heteroatoms. The third-order valence-corrected chi connectivity index (χ3v) is 8.23. The second kappa shape index (κ2) is 11.4. The molecule has 1 aliphatic carbocycles. The molecule has 0 spiro atoms. The molecule has 1 fully saturated rings. The Labute approximate surface area is 229 Å². The molecule has 3 heterocycles. The summed E-state index contributed by atoms with van der Waals surface area (Å²) in [5, 5.41) is 7.53. The Morgan fingerprint density at radius 1 is 1.12 bits per heavy atom. The van der Waals surface area contributed by atoms with Crippen molar-refractivity contribution in [1.82, 2.24) is 25.0 Å². The maximum Gasteiger partial charge on any atom is 0.389 e. The van der Waals surface area contributed by atoms with Gasteiger partial charge in [0.15, 0.2) is 5.82 Å². The van der Waals surface area contributed by atoms with Crippen molar-refractivity contribution in [2.75, 3.05) is 19.6 Å². The van der Waals surface area contributed by atoms with Crippen LogP contribution in [0.1, 0.15) is 65.8 Å². The third kappa shape index (κ3) is 6.79. The third-order valence-electron chi connectivity index (χ3n) is 8.23. The lowest BCUT2D eigenvalue weighted by atomic mass is 9.81. The lowest BCUT2D eigenvalue weighted by Crippen LogP contribution is -2.43. The van der Waals surface area contributed by atoms with Crippen molar-refractivity contribution in [2.24, 2.45) is 7.05 Å². The molecule has 0 radical (unpaired) electrons. The Morgan fingerprint density at radius 3 is 2.62 bits per heavy atom. The Morgan fingerprint density at radius 2 is 1.88 bits per heavy atom. The molecule has 2 aromatic heterocycles. The van der Waals surface area contributed by atoms with E-state index >= 15 is 4.39 Å². The van der Waals surface area contributed by atoms with Crippen LogP contribution in [0.3, 0.4) is 0 Å². The molecule has 40 heavy (non-hydrogen) atoms. The monoisotopic (exact) mass is 563 g/mol. The van der Waals surface area contributed by atoms with Crippen molar-refractivity contribution in [3.63, 3.8) is 0 Å². The molecule has 6 nitrogen and oxygen atoms in total. The van der Waals surface area contributed by atoms with E-state index in [1.807, 2.05) is 6.07 Å². The van der Waals surface area contributed by atoms with Gasteiger partial charge in [-0.1, -0.05) is 6.07 Å². The summed E-state index contributed by atoms with van der Waals surface area (Å²) >= 11 is 0. The number of halogens is 5. The topological polar surface area (TPSA) is 63.1 Å². The van der Waals surface area contributed by atoms with Crippen LogP contribution in [-0.2, 0) is 26.3 Å². The molecule has 1 aliphatic heterocycles. The van der Waals surface area contributed by atoms with Crippen LogP contribution in [0.25, 0.3) is 10.9 Å². The molecule has 1 saturated carbocycles. The zero-order valence-electron chi connectivity index (χ0n) is 22.5. The highest BCUT2D eigenvalue weighted by Crippen LogP contribution is 2.35. The quantitative estimate of drug-likeness (QED) is 0.387. The first-order chi connectivity index (χ1) is 19.0. The van der Waals surface area contributed by atoms with Gasteiger partial charge in [-0.05, 0) is 68.7 Å². The summed E-state index contributed by atoms with van der Waals surface area (Å²) in [6, 6.07) is 6.11. The molecular weight excluding hydrogens is 529 g/mol. The van der Waals surface area contributed by atoms with E-state index < -0.39 is 24.1 Å². The van der Waals surface area contributed by atoms with Crippen LogP contribution in [0, 0.1) is 5.82 Å². The summed E-state index contributed by atoms with van der Waals surface area (Å²) < 4.78 is 69.0. The van der Waals surface area contributed by atoms with Crippen LogP contribution in [0.15, 0.2) is 30.5 Å². The number of hydrogen-bond acceptors (Lipinski definition) is 4. The lowest BCUT2D eigenvalue weighted by molar-refractivity contribution is -0.134. The van der Waals surface area contributed by atoms with E-state index in [2.05, 4.69) is 20.3 Å². The highest BCUT2D eigenvalue weighted by atomic mass is 19.4. The fourth-order valence-electron chi connectivity index (χ4n) is 5.84. The lowest BCUT2D eigenvalue weighted by Gasteiger charge is -2.35. The molecule has 0 bridgehead atoms. The predicted octanol–water partition coefficient (Wildman–Crippen LogP) is 5.47. The van der Waals surface area contributed by atoms with Crippen molar-refractivity contribution in [2.45, 2.75) is 75.7 Å². The number of nitrogens with one attached hydrogen (secondary N) is 1. The number of rotatable bonds is 7. The number of aromatic nitrogens is 3. The zero-order valence-corrected chi connectivity index (χ0v) is 22.5. The van der Waals surface area contributed by atoms with E-state index in [-0.39, 0.29) is 23.9 Å². The van der Waals surface area contributed by atoms with E-state index in [4.69, 9.17) is 0 Å². The first-order valence-corrected chi connectivity index (χ1v) is 13.9. The molecule has 0 unspecified atom stereocenters. The average Bonchev–Trinajstić information content (AvgIpc) is 3.19. The molecular formula is C29H34F5N5O. The van der Waals surface area contributed by atoms with Gasteiger partial charge < -0.3 is 10.2 Å². The number of benzene rings is 1. The van der Waals surface area contributed by atoms with Crippen LogP contribution in [0.4, 0.5) is 22.0 Å². The first kappa shape index (κ1) is 28.4. The number of carbonyl (C=O) groups excluding carboxylic acids is 1. The largest absolute Gasteiger partial charge is 0.389 e. The smallest absolute Gasteiger partial charge is 0.349 e. The number of hydrogen-bond donors (Lipinski definition) is 1. The minimum atomic E-state index is -4.20. The molecule has 1 aromatic carbocycles. The van der Waals surface area contributed by atoms with Gasteiger partial charge in [0.2, 0.25) is 0 Å². The molecule has 216 valence electrons. The van der Waals surface area contributed by atoms with Gasteiger partial charge in [0.1, 0.15) is 11.2 Å². The minimum absolute atomic E-state index is 0.121. The highest BCUT2D eigenvalue weighted by molar-refractivity contribution is 6.06. The minimum Gasteiger partial charge on any atom is -0.349 e. The van der Waals surface area contributed by atoms with Crippen LogP contribution >= 0.6 is 0 Å². The van der Waals surface area contributed by atoms with Gasteiger partial charge in [-0.2, -0.15) is 18.3 Å². The van der Waals surface area contributed by atoms with Gasteiger partial charge in [0.05, 0.1) is 5.56 Å². The Balaban J connectivity index is 1.10. The second-order valence-corrected chi connectivity index (χ2v) is 11.2. The van der Waals surface area contributed by atoms with Gasteiger partial charge in [-0.25, -0.2) is 8.78 Å². The fourth-order valence-corrected chi connectivity index (χ4v) is 5.84. The van der Waals surface area contributed by atoms with Gasteiger partial charge in [-0.3, -0.25) is 14.5 Å². The van der Waals surface area contributed by atoms with Crippen molar-refractivity contribution in [3.8, 4) is 0 Å². The fraction of sp³-hybridized carbons (Fsp3) is 0.552. The standard InChI is InChI=1S/C29H34F5N5O/c1-38-18-23-22(4-5-24(30)26(23)37-38)27(40)36-21-6-11-28(31,12-7-21)14-17-39-15-9-19-2-3-20(8-13-29(32,33)34)35-25(19)10-16-39/h2-5,18,21H,6-17H2,1H3,(H,36,40). The van der Waals surface area contributed by atoms with E-state index in [0.29, 0.717) is 68.3 Å². The Hall–Kier alpha value is -3.08. The SMILES string of the molecule is Cn1cc2c(C(=O)NC3CCC(F)(CCN4CCc5ccc(CCC(F)(F)F)nc5CC4)CC3)ccc(F)c2n1. The summed E-state index contributed by atoms with van der Waals surface area (Å²) in [5.41, 5.74) is 1.55. The molecule has 3 aromatic rings. The van der Waals surface area contributed by atoms with Crippen molar-refractivity contribution in [3.05, 3.63) is 58.8 Å². The van der Waals surface area contributed by atoms with Crippen LogP contribution < -0.4 is 5.32 Å². The highest BCUT2D eigenvalue weighted by Gasteiger charge is 2.36. The number of nitrogens with zero attached hydrogens (tertiary/aromatic N) is 4. The van der Waals surface area contributed by atoms with Crippen LogP contribution in [-0.4, -0.2) is 63.1 Å². The van der Waals surface area contributed by atoms with Gasteiger partial charge in [0, 0.05) is 68.5 Å². The van der Waals surface area contributed by atoms with E-state index in [0.717, 1.165) is 24.2 Å². The molecule has 2 aliphatic rings. The summed E-state index contributed by atoms with van der Waals surface area (Å²) in [6.45, 7) is 2.04. The van der Waals surface area contributed by atoms with Crippen molar-refractivity contribution < 1.29 is 26.7 Å². The number of carbonyl (C=O) groups is 1. The van der Waals surface area contributed by atoms with E-state index in [9.17, 15) is 22.4 Å². The number of amides is 1. The average molecular weight is 564 g/mol. The number of alkyl halides is 4. The second-order valence-electron chi connectivity index (χ2n) is 11.2. The van der Waals surface area contributed by atoms with E-state index in [1.165, 1.54) is 16.8 Å². The Kier molecular flexibility index (Phi) is 8.13. The van der Waals surface area contributed by atoms with Gasteiger partial charge in [-0.15, -0.1) is 0 Å². The van der Waals surface area contributed by atoms with Crippen molar-refractivity contribution in [1.29, 1.82) is 0 Å². The number of pyridine rings is 1. The maximum atomic E-state index is 15.7. The summed E-state index contributed by atoms with van der Waals surface area (Å²) in [7, 11) is 1.67. The zero-order chi connectivity index (χ0) is 28.5. The normalized spacial score (nSPS) is 22.2. The molecule has 1 amide bonds. The predicted molar refractivity (Wildman–Crippen MR) is 141 cm³/mol. The molecule has 0 atom stereocenters. The van der Waals surface area contributed by atoms with Crippen LogP contribution in [0.2, 0.25) is 0 Å². The van der Waals surface area contributed by atoms with Crippen LogP contribution in [0.5, 0.6) is 0 Å².